The number of hydrogen-bond acceptors (Lipinski definition) is 4. The zero-order valence-corrected chi connectivity index (χ0v) is 11.3. The Morgan fingerprint density at radius 3 is 2.94 bits per heavy atom. The minimum absolute atomic E-state index is 0.0399. The van der Waals surface area contributed by atoms with Crippen LogP contribution in [0.3, 0.4) is 0 Å². The molecule has 1 unspecified atom stereocenters. The van der Waals surface area contributed by atoms with E-state index in [1.165, 1.54) is 4.90 Å². The largest absolute Gasteiger partial charge is 0.465 e. The van der Waals surface area contributed by atoms with Gasteiger partial charge in [-0.1, -0.05) is 0 Å². The summed E-state index contributed by atoms with van der Waals surface area (Å²) in [4.78, 5) is 12.2. The molecule has 1 aromatic heterocycles. The number of anilines is 1. The number of nitrogens with zero attached hydrogens (tertiary/aromatic N) is 4. The van der Waals surface area contributed by atoms with Crippen molar-refractivity contribution >= 4 is 27.8 Å². The van der Waals surface area contributed by atoms with Gasteiger partial charge in [-0.25, -0.2) is 9.48 Å². The summed E-state index contributed by atoms with van der Waals surface area (Å²) in [6.45, 7) is 0.880. The van der Waals surface area contributed by atoms with Gasteiger partial charge in [-0.2, -0.15) is 10.4 Å². The minimum atomic E-state index is -0.921. The van der Waals surface area contributed by atoms with Gasteiger partial charge in [0.1, 0.15) is 22.1 Å². The number of halogens is 1. The van der Waals surface area contributed by atoms with E-state index in [1.54, 1.807) is 11.7 Å². The van der Waals surface area contributed by atoms with Gasteiger partial charge in [-0.3, -0.25) is 0 Å². The lowest BCUT2D eigenvalue weighted by Crippen LogP contribution is -2.27. The number of amides is 1. The Balaban J connectivity index is 2.30. The summed E-state index contributed by atoms with van der Waals surface area (Å²) in [7, 11) is 1.71. The molecule has 2 rings (SSSR count). The molecule has 96 valence electrons. The molecule has 0 saturated carbocycles. The molecule has 18 heavy (non-hydrogen) atoms. The van der Waals surface area contributed by atoms with Crippen LogP contribution < -0.4 is 5.32 Å². The summed E-state index contributed by atoms with van der Waals surface area (Å²) in [6, 6.07) is 2.03. The topological polar surface area (TPSA) is 94.2 Å². The summed E-state index contributed by atoms with van der Waals surface area (Å²) in [5, 5.41) is 25.2. The van der Waals surface area contributed by atoms with Crippen LogP contribution >= 0.6 is 15.9 Å². The first-order valence-electron chi connectivity index (χ1n) is 5.42. The molecule has 0 aliphatic carbocycles. The lowest BCUT2D eigenvalue weighted by molar-refractivity contribution is 0.154. The van der Waals surface area contributed by atoms with Gasteiger partial charge in [-0.15, -0.1) is 0 Å². The maximum atomic E-state index is 10.9. The molecule has 2 N–H and O–H groups in total. The fourth-order valence-electron chi connectivity index (χ4n) is 2.12. The number of rotatable bonds is 2. The molecular formula is C10H12BrN5O2. The highest BCUT2D eigenvalue weighted by Crippen LogP contribution is 2.30. The van der Waals surface area contributed by atoms with Gasteiger partial charge in [0.2, 0.25) is 0 Å². The van der Waals surface area contributed by atoms with Crippen molar-refractivity contribution in [3.8, 4) is 6.07 Å². The molecule has 1 aliphatic rings. The summed E-state index contributed by atoms with van der Waals surface area (Å²) in [5.41, 5.74) is 0.436. The molecule has 7 nitrogen and oxygen atoms in total. The second-order valence-corrected chi connectivity index (χ2v) is 4.74. The predicted octanol–water partition coefficient (Wildman–Crippen LogP) is 1.48. The molecule has 1 atom stereocenters. The summed E-state index contributed by atoms with van der Waals surface area (Å²) >= 11 is 3.24. The normalized spacial score (nSPS) is 18.7. The lowest BCUT2D eigenvalue weighted by atomic mass is 10.2. The van der Waals surface area contributed by atoms with E-state index in [0.717, 1.165) is 0 Å². The lowest BCUT2D eigenvalue weighted by Gasteiger charge is -2.15. The number of aromatic nitrogens is 2. The van der Waals surface area contributed by atoms with E-state index in [0.29, 0.717) is 35.5 Å². The molecular weight excluding hydrogens is 302 g/mol. The van der Waals surface area contributed by atoms with Gasteiger partial charge in [0.25, 0.3) is 0 Å². The zero-order valence-electron chi connectivity index (χ0n) is 9.72. The minimum Gasteiger partial charge on any atom is -0.465 e. The second-order valence-electron chi connectivity index (χ2n) is 3.99. The molecule has 8 heteroatoms. The molecule has 1 aliphatic heterocycles. The van der Waals surface area contributed by atoms with E-state index in [4.69, 9.17) is 10.4 Å². The Kier molecular flexibility index (Phi) is 3.43. The smallest absolute Gasteiger partial charge is 0.407 e. The van der Waals surface area contributed by atoms with Gasteiger partial charge in [0.15, 0.2) is 0 Å². The average Bonchev–Trinajstić information content (AvgIpc) is 2.92. The quantitative estimate of drug-likeness (QED) is 0.862. The van der Waals surface area contributed by atoms with E-state index >= 15 is 0 Å². The third-order valence-corrected chi connectivity index (χ3v) is 3.55. The monoisotopic (exact) mass is 313 g/mol. The summed E-state index contributed by atoms with van der Waals surface area (Å²) in [6.07, 6.45) is -0.227. The molecule has 1 aromatic rings. The van der Waals surface area contributed by atoms with Crippen LogP contribution in [0.5, 0.6) is 0 Å². The highest BCUT2D eigenvalue weighted by atomic mass is 79.9. The van der Waals surface area contributed by atoms with Crippen LogP contribution in [0.15, 0.2) is 4.60 Å². The van der Waals surface area contributed by atoms with Crippen molar-refractivity contribution in [1.82, 2.24) is 14.7 Å². The van der Waals surface area contributed by atoms with Crippen molar-refractivity contribution in [2.24, 2.45) is 0 Å². The standard InChI is InChI=1S/C10H12BrN5O2/c1-13-9-7(4-12)8(11)14-16(9)6-2-3-15(5-6)10(17)18/h6,13H,2-3,5H2,1H3,(H,17,18). The Morgan fingerprint density at radius 2 is 2.44 bits per heavy atom. The zero-order chi connectivity index (χ0) is 13.3. The molecule has 0 aromatic carbocycles. The van der Waals surface area contributed by atoms with Crippen molar-refractivity contribution in [3.63, 3.8) is 0 Å². The first-order chi connectivity index (χ1) is 8.58. The summed E-state index contributed by atoms with van der Waals surface area (Å²) in [5.74, 6) is 0.613. The molecule has 0 bridgehead atoms. The van der Waals surface area contributed by atoms with Gasteiger partial charge in [0.05, 0.1) is 6.04 Å². The fraction of sp³-hybridized carbons (Fsp3) is 0.500. The van der Waals surface area contributed by atoms with E-state index in [9.17, 15) is 4.79 Å². The van der Waals surface area contributed by atoms with Gasteiger partial charge in [0, 0.05) is 20.1 Å². The number of carboxylic acid groups (broad SMARTS) is 1. The summed E-state index contributed by atoms with van der Waals surface area (Å²) < 4.78 is 2.16. The van der Waals surface area contributed by atoms with Crippen LogP contribution in [0.2, 0.25) is 0 Å². The Hall–Kier alpha value is -1.75. The SMILES string of the molecule is CNc1c(C#N)c(Br)nn1C1CCN(C(=O)O)C1. The number of carbonyl (C=O) groups is 1. The molecule has 1 saturated heterocycles. The molecule has 1 amide bonds. The van der Waals surface area contributed by atoms with Crippen molar-refractivity contribution in [2.45, 2.75) is 12.5 Å². The maximum Gasteiger partial charge on any atom is 0.407 e. The van der Waals surface area contributed by atoms with E-state index < -0.39 is 6.09 Å². The third kappa shape index (κ3) is 2.01. The van der Waals surface area contributed by atoms with E-state index in [2.05, 4.69) is 32.4 Å². The number of likely N-dealkylation sites (tertiary alicyclic amines) is 1. The first kappa shape index (κ1) is 12.7. The van der Waals surface area contributed by atoms with Gasteiger partial charge >= 0.3 is 6.09 Å². The second kappa shape index (κ2) is 4.86. The van der Waals surface area contributed by atoms with Crippen molar-refractivity contribution < 1.29 is 9.90 Å². The predicted molar refractivity (Wildman–Crippen MR) is 67.4 cm³/mol. The molecule has 0 radical (unpaired) electrons. The van der Waals surface area contributed by atoms with Crippen LogP contribution in [0.25, 0.3) is 0 Å². The Bertz CT molecular complexity index is 521. The average molecular weight is 314 g/mol. The first-order valence-corrected chi connectivity index (χ1v) is 6.21. The van der Waals surface area contributed by atoms with E-state index in [-0.39, 0.29) is 6.04 Å². The van der Waals surface area contributed by atoms with Crippen LogP contribution in [-0.4, -0.2) is 46.0 Å². The van der Waals surface area contributed by atoms with Gasteiger partial charge < -0.3 is 15.3 Å². The van der Waals surface area contributed by atoms with Gasteiger partial charge in [-0.05, 0) is 22.4 Å². The highest BCUT2D eigenvalue weighted by molar-refractivity contribution is 9.10. The number of hydrogen-bond donors (Lipinski definition) is 2. The number of nitrogens with one attached hydrogen (secondary N) is 1. The van der Waals surface area contributed by atoms with Crippen LogP contribution in [0.4, 0.5) is 10.6 Å². The molecule has 0 spiro atoms. The maximum absolute atomic E-state index is 10.9. The highest BCUT2D eigenvalue weighted by Gasteiger charge is 2.30. The number of nitriles is 1. The van der Waals surface area contributed by atoms with Crippen molar-refractivity contribution in [3.05, 3.63) is 10.2 Å². The Morgan fingerprint density at radius 1 is 1.72 bits per heavy atom. The van der Waals surface area contributed by atoms with Crippen LogP contribution in [0.1, 0.15) is 18.0 Å². The van der Waals surface area contributed by atoms with Crippen LogP contribution in [-0.2, 0) is 0 Å². The molecule has 2 heterocycles. The Labute approximate surface area is 112 Å². The molecule has 1 fully saturated rings. The van der Waals surface area contributed by atoms with E-state index in [1.807, 2.05) is 0 Å². The van der Waals surface area contributed by atoms with Crippen molar-refractivity contribution in [2.75, 3.05) is 25.5 Å². The fourth-order valence-corrected chi connectivity index (χ4v) is 2.57. The third-order valence-electron chi connectivity index (χ3n) is 3.00. The van der Waals surface area contributed by atoms with Crippen LogP contribution in [0, 0.1) is 11.3 Å². The van der Waals surface area contributed by atoms with Crippen molar-refractivity contribution in [1.29, 1.82) is 5.26 Å².